The Morgan fingerprint density at radius 2 is 2.17 bits per heavy atom. The number of ether oxygens (including phenoxy) is 1. The number of thiophene rings is 1. The summed E-state index contributed by atoms with van der Waals surface area (Å²) in [4.78, 5) is 25.9. The maximum absolute atomic E-state index is 12.4. The van der Waals surface area contributed by atoms with Crippen LogP contribution in [0.3, 0.4) is 0 Å². The van der Waals surface area contributed by atoms with E-state index in [4.69, 9.17) is 4.74 Å². The Hall–Kier alpha value is -2.21. The van der Waals surface area contributed by atoms with E-state index in [1.807, 2.05) is 35.9 Å². The fourth-order valence-corrected chi connectivity index (χ4v) is 4.27. The second-order valence-electron chi connectivity index (χ2n) is 5.80. The van der Waals surface area contributed by atoms with Crippen molar-refractivity contribution in [1.82, 2.24) is 0 Å². The lowest BCUT2D eigenvalue weighted by Crippen LogP contribution is -2.42. The number of nitrogens with one attached hydrogen (secondary N) is 1. The number of rotatable bonds is 5. The second kappa shape index (κ2) is 7.13. The molecule has 0 radical (unpaired) electrons. The first-order valence-electron chi connectivity index (χ1n) is 8.16. The maximum atomic E-state index is 12.4. The number of carbonyl (C=O) groups excluding carboxylic acids is 2. The third kappa shape index (κ3) is 3.33. The largest absolute Gasteiger partial charge is 0.462 e. The molecule has 1 aliphatic carbocycles. The number of amides is 1. The Kier molecular flexibility index (Phi) is 4.94. The van der Waals surface area contributed by atoms with E-state index in [-0.39, 0.29) is 18.4 Å². The highest BCUT2D eigenvalue weighted by molar-refractivity contribution is 7.17. The predicted molar refractivity (Wildman–Crippen MR) is 92.3 cm³/mol. The molecular weight excluding hydrogens is 324 g/mol. The first-order valence-corrected chi connectivity index (χ1v) is 8.98. The zero-order valence-electron chi connectivity index (χ0n) is 13.9. The van der Waals surface area contributed by atoms with Crippen LogP contribution in [-0.2, 0) is 28.9 Å². The van der Waals surface area contributed by atoms with Gasteiger partial charge in [-0.15, -0.1) is 11.3 Å². The summed E-state index contributed by atoms with van der Waals surface area (Å²) >= 11 is 1.50. The van der Waals surface area contributed by atoms with Gasteiger partial charge in [-0.05, 0) is 31.7 Å². The SMILES string of the molecule is CCOC(=O)c1c(NC(=O)C[n+]2ccccc2C)sc2c1CCC2. The highest BCUT2D eigenvalue weighted by Gasteiger charge is 2.28. The van der Waals surface area contributed by atoms with Gasteiger partial charge >= 0.3 is 5.97 Å². The second-order valence-corrected chi connectivity index (χ2v) is 6.91. The van der Waals surface area contributed by atoms with Crippen LogP contribution in [0.5, 0.6) is 0 Å². The molecule has 126 valence electrons. The summed E-state index contributed by atoms with van der Waals surface area (Å²) < 4.78 is 7.06. The Balaban J connectivity index is 1.81. The molecule has 2 aromatic heterocycles. The number of carbonyl (C=O) groups is 2. The summed E-state index contributed by atoms with van der Waals surface area (Å²) in [5, 5.41) is 3.54. The van der Waals surface area contributed by atoms with Crippen molar-refractivity contribution in [2.45, 2.75) is 39.7 Å². The molecule has 24 heavy (non-hydrogen) atoms. The number of nitrogens with zero attached hydrogens (tertiary/aromatic N) is 1. The molecule has 1 aliphatic rings. The van der Waals surface area contributed by atoms with E-state index >= 15 is 0 Å². The zero-order chi connectivity index (χ0) is 17.1. The van der Waals surface area contributed by atoms with E-state index in [9.17, 15) is 9.59 Å². The number of aromatic nitrogens is 1. The van der Waals surface area contributed by atoms with Crippen LogP contribution in [0.1, 0.15) is 39.8 Å². The zero-order valence-corrected chi connectivity index (χ0v) is 14.7. The van der Waals surface area contributed by atoms with E-state index in [2.05, 4.69) is 5.32 Å². The van der Waals surface area contributed by atoms with Gasteiger partial charge in [0, 0.05) is 23.9 Å². The first kappa shape index (κ1) is 16.6. The molecule has 6 heteroatoms. The summed E-state index contributed by atoms with van der Waals surface area (Å²) in [5.41, 5.74) is 2.61. The van der Waals surface area contributed by atoms with Crippen molar-refractivity contribution in [2.24, 2.45) is 0 Å². The van der Waals surface area contributed by atoms with Crippen molar-refractivity contribution >= 4 is 28.2 Å². The summed E-state index contributed by atoms with van der Waals surface area (Å²) in [5.74, 6) is -0.476. The van der Waals surface area contributed by atoms with Crippen LogP contribution in [-0.4, -0.2) is 18.5 Å². The third-order valence-electron chi connectivity index (χ3n) is 4.14. The van der Waals surface area contributed by atoms with Crippen LogP contribution in [0.2, 0.25) is 0 Å². The predicted octanol–water partition coefficient (Wildman–Crippen LogP) is 2.65. The van der Waals surface area contributed by atoms with Crippen molar-refractivity contribution in [2.75, 3.05) is 11.9 Å². The summed E-state index contributed by atoms with van der Waals surface area (Å²) in [6, 6.07) is 5.79. The van der Waals surface area contributed by atoms with Crippen molar-refractivity contribution < 1.29 is 18.9 Å². The molecular formula is C18H21N2O3S+. The third-order valence-corrected chi connectivity index (χ3v) is 5.34. The first-order chi connectivity index (χ1) is 11.6. The molecule has 0 unspecified atom stereocenters. The topological polar surface area (TPSA) is 59.3 Å². The van der Waals surface area contributed by atoms with Gasteiger partial charge in [-0.1, -0.05) is 6.07 Å². The Morgan fingerprint density at radius 3 is 2.92 bits per heavy atom. The monoisotopic (exact) mass is 345 g/mol. The minimum Gasteiger partial charge on any atom is -0.462 e. The molecule has 0 spiro atoms. The van der Waals surface area contributed by atoms with E-state index in [1.54, 1.807) is 6.92 Å². The van der Waals surface area contributed by atoms with Crippen LogP contribution >= 0.6 is 11.3 Å². The lowest BCUT2D eigenvalue weighted by atomic mass is 10.1. The normalized spacial score (nSPS) is 12.8. The van der Waals surface area contributed by atoms with Gasteiger partial charge in [0.25, 0.3) is 5.91 Å². The van der Waals surface area contributed by atoms with Crippen LogP contribution in [0.4, 0.5) is 5.00 Å². The number of aryl methyl sites for hydroxylation is 2. The van der Waals surface area contributed by atoms with Crippen molar-refractivity contribution in [3.63, 3.8) is 0 Å². The molecule has 1 N–H and O–H groups in total. The number of hydrogen-bond acceptors (Lipinski definition) is 4. The quantitative estimate of drug-likeness (QED) is 0.669. The van der Waals surface area contributed by atoms with Crippen LogP contribution in [0, 0.1) is 6.92 Å². The molecule has 2 heterocycles. The molecule has 1 amide bonds. The summed E-state index contributed by atoms with van der Waals surface area (Å²) in [6.07, 6.45) is 4.77. The van der Waals surface area contributed by atoms with Gasteiger partial charge in [0.2, 0.25) is 6.54 Å². The Labute approximate surface area is 145 Å². The van der Waals surface area contributed by atoms with Gasteiger partial charge in [-0.2, -0.15) is 4.57 Å². The molecule has 0 atom stereocenters. The number of hydrogen-bond donors (Lipinski definition) is 1. The fraction of sp³-hybridized carbons (Fsp3) is 0.389. The van der Waals surface area contributed by atoms with Gasteiger partial charge in [0.1, 0.15) is 5.00 Å². The van der Waals surface area contributed by atoms with Gasteiger partial charge in [-0.25, -0.2) is 4.79 Å². The van der Waals surface area contributed by atoms with Crippen molar-refractivity contribution in [1.29, 1.82) is 0 Å². The minimum atomic E-state index is -0.337. The van der Waals surface area contributed by atoms with Crippen LogP contribution < -0.4 is 9.88 Å². The number of pyridine rings is 1. The highest BCUT2D eigenvalue weighted by Crippen LogP contribution is 2.39. The highest BCUT2D eigenvalue weighted by atomic mass is 32.1. The standard InChI is InChI=1S/C18H20N2O3S/c1-3-23-18(22)16-13-8-6-9-14(13)24-17(16)19-15(21)11-20-10-5-4-7-12(20)2/h4-5,7,10H,3,6,8-9,11H2,1-2H3/p+1. The van der Waals surface area contributed by atoms with Crippen molar-refractivity contribution in [3.8, 4) is 0 Å². The summed E-state index contributed by atoms with van der Waals surface area (Å²) in [6.45, 7) is 4.29. The number of fused-ring (bicyclic) bond motifs is 1. The van der Waals surface area contributed by atoms with Gasteiger partial charge in [0.15, 0.2) is 11.9 Å². The minimum absolute atomic E-state index is 0.139. The smallest absolute Gasteiger partial charge is 0.341 e. The molecule has 0 bridgehead atoms. The van der Waals surface area contributed by atoms with E-state index in [0.29, 0.717) is 17.2 Å². The van der Waals surface area contributed by atoms with Gasteiger partial charge in [0.05, 0.1) is 12.2 Å². The Morgan fingerprint density at radius 1 is 1.33 bits per heavy atom. The van der Waals surface area contributed by atoms with Crippen molar-refractivity contribution in [3.05, 3.63) is 46.1 Å². The maximum Gasteiger partial charge on any atom is 0.341 e. The molecule has 0 saturated carbocycles. The average molecular weight is 345 g/mol. The lowest BCUT2D eigenvalue weighted by Gasteiger charge is -2.07. The fourth-order valence-electron chi connectivity index (χ4n) is 2.97. The van der Waals surface area contributed by atoms with Crippen LogP contribution in [0.25, 0.3) is 0 Å². The summed E-state index contributed by atoms with van der Waals surface area (Å²) in [7, 11) is 0. The number of anilines is 1. The van der Waals surface area contributed by atoms with Gasteiger partial charge in [-0.3, -0.25) is 4.79 Å². The molecule has 0 aromatic carbocycles. The van der Waals surface area contributed by atoms with E-state index in [1.165, 1.54) is 16.2 Å². The molecule has 5 nitrogen and oxygen atoms in total. The molecule has 2 aromatic rings. The van der Waals surface area contributed by atoms with Crippen LogP contribution in [0.15, 0.2) is 24.4 Å². The number of esters is 1. The van der Waals surface area contributed by atoms with E-state index in [0.717, 1.165) is 30.5 Å². The van der Waals surface area contributed by atoms with Gasteiger partial charge < -0.3 is 10.1 Å². The van der Waals surface area contributed by atoms with E-state index < -0.39 is 0 Å². The average Bonchev–Trinajstić information content (AvgIpc) is 3.10. The Bertz CT molecular complexity index is 783. The molecule has 0 fully saturated rings. The molecule has 0 aliphatic heterocycles. The molecule has 3 rings (SSSR count). The molecule has 0 saturated heterocycles. The lowest BCUT2D eigenvalue weighted by molar-refractivity contribution is -0.690.